The first kappa shape index (κ1) is 73.5. The number of quaternary nitrogens is 1. The minimum Gasteiger partial charge on any atom is -0.756 e. The van der Waals surface area contributed by atoms with Crippen molar-refractivity contribution < 1.29 is 42.1 Å². The van der Waals surface area contributed by atoms with Gasteiger partial charge in [-0.3, -0.25) is 14.2 Å². The maximum atomic E-state index is 12.8. The molecular weight excluding hydrogens is 954 g/mol. The highest BCUT2D eigenvalue weighted by Gasteiger charge is 2.22. The SMILES string of the molecule is CCCCCCCCC/C=C\CCCCCCCC(=O)OCC(COP(=O)([O-])OCC[N+](C)(C)C)OC(=O)CCCCCCCCCCCCCCCCCCCCCCCCC/C=C\CCCCCCCCCC. The number of phosphoric ester groups is 1. The largest absolute Gasteiger partial charge is 0.756 e. The van der Waals surface area contributed by atoms with E-state index in [0.717, 1.165) is 51.4 Å². The van der Waals surface area contributed by atoms with Crippen molar-refractivity contribution in [3.05, 3.63) is 24.3 Å². The smallest absolute Gasteiger partial charge is 0.306 e. The summed E-state index contributed by atoms with van der Waals surface area (Å²) < 4.78 is 34.2. The molecule has 0 saturated heterocycles. The maximum Gasteiger partial charge on any atom is 0.306 e. The molecule has 0 aliphatic rings. The minimum absolute atomic E-state index is 0.0291. The minimum atomic E-state index is -4.63. The molecule has 0 aromatic rings. The molecule has 0 heterocycles. The molecule has 75 heavy (non-hydrogen) atoms. The van der Waals surface area contributed by atoms with Gasteiger partial charge in [0.15, 0.2) is 6.10 Å². The van der Waals surface area contributed by atoms with Gasteiger partial charge in [0, 0.05) is 12.8 Å². The number of unbranched alkanes of at least 4 members (excludes halogenated alkanes) is 43. The van der Waals surface area contributed by atoms with Crippen molar-refractivity contribution in [1.82, 2.24) is 0 Å². The van der Waals surface area contributed by atoms with E-state index in [9.17, 15) is 19.0 Å². The standard InChI is InChI=1S/C65H126NO8P/c1-6-8-10-12-14-16-18-20-22-24-25-26-27-28-29-30-31-32-33-34-35-36-37-38-39-40-41-42-44-46-48-50-52-54-56-58-65(68)74-63(62-73-75(69,70)72-60-59-66(3,4)5)61-71-64(67)57-55-53-51-49-47-45-43-23-21-19-17-15-13-11-9-7-2/h23-25,43,63H,6-22,26-42,44-62H2,1-5H3/b25-24-,43-23-. The van der Waals surface area contributed by atoms with Crippen molar-refractivity contribution in [3.8, 4) is 0 Å². The number of esters is 2. The first-order valence-corrected chi connectivity index (χ1v) is 34.0. The predicted molar refractivity (Wildman–Crippen MR) is 319 cm³/mol. The molecule has 0 rings (SSSR count). The van der Waals surface area contributed by atoms with E-state index in [1.165, 1.54) is 244 Å². The molecule has 2 atom stereocenters. The van der Waals surface area contributed by atoms with Gasteiger partial charge in [0.1, 0.15) is 19.8 Å². The van der Waals surface area contributed by atoms with Gasteiger partial charge in [0.05, 0.1) is 27.7 Å². The molecule has 0 amide bonds. The van der Waals surface area contributed by atoms with Crippen LogP contribution in [0.3, 0.4) is 0 Å². The van der Waals surface area contributed by atoms with E-state index in [1.54, 1.807) is 0 Å². The van der Waals surface area contributed by atoms with Crippen molar-refractivity contribution in [2.45, 2.75) is 335 Å². The molecule has 9 nitrogen and oxygen atoms in total. The van der Waals surface area contributed by atoms with E-state index in [2.05, 4.69) is 38.2 Å². The number of ether oxygens (including phenoxy) is 2. The van der Waals surface area contributed by atoms with Gasteiger partial charge in [-0.05, 0) is 64.2 Å². The van der Waals surface area contributed by atoms with Crippen LogP contribution in [-0.2, 0) is 32.7 Å². The summed E-state index contributed by atoms with van der Waals surface area (Å²) >= 11 is 0. The number of carbonyl (C=O) groups excluding carboxylic acids is 2. The predicted octanol–water partition coefficient (Wildman–Crippen LogP) is 19.9. The number of likely N-dealkylation sites (N-methyl/N-ethyl adjacent to an activating group) is 1. The van der Waals surface area contributed by atoms with E-state index >= 15 is 0 Å². The highest BCUT2D eigenvalue weighted by Crippen LogP contribution is 2.38. The van der Waals surface area contributed by atoms with Crippen LogP contribution in [-0.4, -0.2) is 70.0 Å². The fourth-order valence-corrected chi connectivity index (χ4v) is 10.4. The fourth-order valence-electron chi connectivity index (χ4n) is 9.65. The molecule has 2 unspecified atom stereocenters. The van der Waals surface area contributed by atoms with Crippen LogP contribution in [0, 0.1) is 0 Å². The Morgan fingerprint density at radius 1 is 0.400 bits per heavy atom. The van der Waals surface area contributed by atoms with Crippen LogP contribution in [0.15, 0.2) is 24.3 Å². The number of hydrogen-bond acceptors (Lipinski definition) is 8. The lowest BCUT2D eigenvalue weighted by Crippen LogP contribution is -2.37. The molecule has 0 aromatic heterocycles. The van der Waals surface area contributed by atoms with E-state index in [1.807, 2.05) is 21.1 Å². The Hall–Kier alpha value is -1.51. The first-order chi connectivity index (χ1) is 36.5. The van der Waals surface area contributed by atoms with Crippen LogP contribution in [0.5, 0.6) is 0 Å². The average Bonchev–Trinajstić information content (AvgIpc) is 3.37. The summed E-state index contributed by atoms with van der Waals surface area (Å²) in [5.41, 5.74) is 0. The van der Waals surface area contributed by atoms with Gasteiger partial charge in [0.25, 0.3) is 7.82 Å². The van der Waals surface area contributed by atoms with Crippen molar-refractivity contribution in [3.63, 3.8) is 0 Å². The van der Waals surface area contributed by atoms with Crippen LogP contribution in [0.1, 0.15) is 328 Å². The second-order valence-corrected chi connectivity index (χ2v) is 24.9. The van der Waals surface area contributed by atoms with Crippen LogP contribution < -0.4 is 4.89 Å². The van der Waals surface area contributed by atoms with Crippen molar-refractivity contribution in [2.24, 2.45) is 0 Å². The third-order valence-corrected chi connectivity index (χ3v) is 15.7. The molecular formula is C65H126NO8P. The summed E-state index contributed by atoms with van der Waals surface area (Å²) in [6.07, 6.45) is 69.8. The Morgan fingerprint density at radius 2 is 0.680 bits per heavy atom. The van der Waals surface area contributed by atoms with E-state index in [4.69, 9.17) is 18.5 Å². The molecule has 444 valence electrons. The van der Waals surface area contributed by atoms with Gasteiger partial charge in [-0.15, -0.1) is 0 Å². The molecule has 0 bridgehead atoms. The molecule has 0 saturated carbocycles. The molecule has 0 N–H and O–H groups in total. The summed E-state index contributed by atoms with van der Waals surface area (Å²) in [5, 5.41) is 0. The molecule has 0 aliphatic heterocycles. The molecule has 0 spiro atoms. The van der Waals surface area contributed by atoms with Gasteiger partial charge in [-0.1, -0.05) is 276 Å². The second-order valence-electron chi connectivity index (χ2n) is 23.5. The fraction of sp³-hybridized carbons (Fsp3) is 0.908. The molecule has 0 aliphatic carbocycles. The lowest BCUT2D eigenvalue weighted by atomic mass is 10.0. The van der Waals surface area contributed by atoms with E-state index in [0.29, 0.717) is 17.4 Å². The van der Waals surface area contributed by atoms with Gasteiger partial charge < -0.3 is 27.9 Å². The Kier molecular flexibility index (Phi) is 56.0. The number of carbonyl (C=O) groups is 2. The van der Waals surface area contributed by atoms with Gasteiger partial charge >= 0.3 is 11.9 Å². The summed E-state index contributed by atoms with van der Waals surface area (Å²) in [6, 6.07) is 0. The lowest BCUT2D eigenvalue weighted by Gasteiger charge is -2.28. The first-order valence-electron chi connectivity index (χ1n) is 32.5. The van der Waals surface area contributed by atoms with E-state index in [-0.39, 0.29) is 32.0 Å². The lowest BCUT2D eigenvalue weighted by molar-refractivity contribution is -0.870. The van der Waals surface area contributed by atoms with Crippen molar-refractivity contribution in [2.75, 3.05) is 47.5 Å². The molecule has 0 aromatic carbocycles. The number of rotatable bonds is 61. The van der Waals surface area contributed by atoms with Gasteiger partial charge in [-0.25, -0.2) is 0 Å². The van der Waals surface area contributed by atoms with E-state index < -0.39 is 26.5 Å². The highest BCUT2D eigenvalue weighted by molar-refractivity contribution is 7.45. The third-order valence-electron chi connectivity index (χ3n) is 14.7. The monoisotopic (exact) mass is 1080 g/mol. The summed E-state index contributed by atoms with van der Waals surface area (Å²) in [7, 11) is 1.18. The summed E-state index contributed by atoms with van der Waals surface area (Å²) in [6.45, 7) is 4.28. The molecule has 0 fully saturated rings. The van der Waals surface area contributed by atoms with Crippen LogP contribution in [0.25, 0.3) is 0 Å². The number of hydrogen-bond donors (Lipinski definition) is 0. The number of nitrogens with zero attached hydrogens (tertiary/aromatic N) is 1. The van der Waals surface area contributed by atoms with Gasteiger partial charge in [-0.2, -0.15) is 0 Å². The molecule has 10 heteroatoms. The Bertz CT molecular complexity index is 1320. The maximum absolute atomic E-state index is 12.8. The molecule has 0 radical (unpaired) electrons. The van der Waals surface area contributed by atoms with Gasteiger partial charge in [0.2, 0.25) is 0 Å². The van der Waals surface area contributed by atoms with Crippen LogP contribution in [0.2, 0.25) is 0 Å². The Morgan fingerprint density at radius 3 is 0.987 bits per heavy atom. The summed E-state index contributed by atoms with van der Waals surface area (Å²) in [5.74, 6) is -0.826. The summed E-state index contributed by atoms with van der Waals surface area (Å²) in [4.78, 5) is 37.9. The van der Waals surface area contributed by atoms with Crippen molar-refractivity contribution >= 4 is 19.8 Å². The average molecular weight is 1080 g/mol. The number of allylic oxidation sites excluding steroid dienone is 4. The van der Waals surface area contributed by atoms with Crippen LogP contribution >= 0.6 is 7.82 Å². The van der Waals surface area contributed by atoms with Crippen molar-refractivity contribution in [1.29, 1.82) is 0 Å². The Labute approximate surface area is 466 Å². The Balaban J connectivity index is 3.94. The quantitative estimate of drug-likeness (QED) is 0.0195. The second kappa shape index (κ2) is 57.2. The highest BCUT2D eigenvalue weighted by atomic mass is 31.2. The third kappa shape index (κ3) is 61.6. The zero-order valence-electron chi connectivity index (χ0n) is 50.5. The zero-order chi connectivity index (χ0) is 54.9. The van der Waals surface area contributed by atoms with Crippen LogP contribution in [0.4, 0.5) is 0 Å². The zero-order valence-corrected chi connectivity index (χ0v) is 51.4. The number of phosphoric acid groups is 1. The topological polar surface area (TPSA) is 111 Å². The normalized spacial score (nSPS) is 13.3.